The Bertz CT molecular complexity index is 471. The molecule has 82 valence electrons. The van der Waals surface area contributed by atoms with Crippen molar-refractivity contribution in [3.63, 3.8) is 0 Å². The first kappa shape index (κ1) is 11.0. The van der Waals surface area contributed by atoms with Gasteiger partial charge in [-0.25, -0.2) is 4.39 Å². The van der Waals surface area contributed by atoms with Gasteiger partial charge in [0.1, 0.15) is 5.82 Å². The largest absolute Gasteiger partial charge is 0.379 e. The number of nitrogens with one attached hydrogen (secondary N) is 1. The van der Waals surface area contributed by atoms with E-state index in [1.807, 2.05) is 30.3 Å². The zero-order valence-corrected chi connectivity index (χ0v) is 9.34. The summed E-state index contributed by atoms with van der Waals surface area (Å²) in [7, 11) is 0. The van der Waals surface area contributed by atoms with Crippen LogP contribution in [0.15, 0.2) is 48.5 Å². The van der Waals surface area contributed by atoms with Crippen molar-refractivity contribution in [2.75, 3.05) is 5.32 Å². The van der Waals surface area contributed by atoms with Gasteiger partial charge in [0, 0.05) is 11.6 Å². The second-order valence-corrected chi connectivity index (χ2v) is 3.90. The van der Waals surface area contributed by atoms with Gasteiger partial charge in [-0.1, -0.05) is 41.9 Å². The summed E-state index contributed by atoms with van der Waals surface area (Å²) < 4.78 is 13.4. The number of hydrogen-bond donors (Lipinski definition) is 1. The minimum Gasteiger partial charge on any atom is -0.379 e. The van der Waals surface area contributed by atoms with Crippen molar-refractivity contribution in [1.29, 1.82) is 0 Å². The summed E-state index contributed by atoms with van der Waals surface area (Å²) in [6.07, 6.45) is 0. The molecule has 0 radical (unpaired) electrons. The average Bonchev–Trinajstić information content (AvgIpc) is 2.32. The highest BCUT2D eigenvalue weighted by Gasteiger charge is 2.01. The van der Waals surface area contributed by atoms with Crippen molar-refractivity contribution >= 4 is 17.3 Å². The minimum absolute atomic E-state index is 0.291. The van der Waals surface area contributed by atoms with Crippen LogP contribution in [-0.4, -0.2) is 0 Å². The van der Waals surface area contributed by atoms with Crippen LogP contribution in [0.2, 0.25) is 5.02 Å². The first-order valence-corrected chi connectivity index (χ1v) is 5.36. The molecule has 1 nitrogen and oxygen atoms in total. The normalized spacial score (nSPS) is 10.1. The standard InChI is InChI=1S/C13H11ClFN/c14-11-6-7-12(15)13(8-11)16-9-10-4-2-1-3-5-10/h1-8,16H,9H2. The fraction of sp³-hybridized carbons (Fsp3) is 0.0769. The molecule has 0 aliphatic carbocycles. The second-order valence-electron chi connectivity index (χ2n) is 3.46. The summed E-state index contributed by atoms with van der Waals surface area (Å²) in [4.78, 5) is 0. The second kappa shape index (κ2) is 4.99. The van der Waals surface area contributed by atoms with Crippen LogP contribution in [0.25, 0.3) is 0 Å². The molecule has 0 saturated heterocycles. The van der Waals surface area contributed by atoms with Gasteiger partial charge in [-0.2, -0.15) is 0 Å². The van der Waals surface area contributed by atoms with E-state index >= 15 is 0 Å². The summed E-state index contributed by atoms with van der Waals surface area (Å²) in [5, 5.41) is 3.54. The zero-order valence-electron chi connectivity index (χ0n) is 8.58. The first-order chi connectivity index (χ1) is 7.75. The molecule has 2 aromatic rings. The highest BCUT2D eigenvalue weighted by Crippen LogP contribution is 2.20. The monoisotopic (exact) mass is 235 g/mol. The van der Waals surface area contributed by atoms with Gasteiger partial charge in [0.15, 0.2) is 0 Å². The zero-order chi connectivity index (χ0) is 11.4. The highest BCUT2D eigenvalue weighted by molar-refractivity contribution is 6.30. The quantitative estimate of drug-likeness (QED) is 0.845. The van der Waals surface area contributed by atoms with Gasteiger partial charge in [-0.15, -0.1) is 0 Å². The third-order valence-electron chi connectivity index (χ3n) is 2.25. The number of anilines is 1. The Morgan fingerprint density at radius 3 is 2.56 bits per heavy atom. The van der Waals surface area contributed by atoms with Crippen LogP contribution in [0, 0.1) is 5.82 Å². The molecule has 0 aliphatic heterocycles. The van der Waals surface area contributed by atoms with Crippen LogP contribution < -0.4 is 5.32 Å². The number of rotatable bonds is 3. The molecule has 16 heavy (non-hydrogen) atoms. The van der Waals surface area contributed by atoms with Gasteiger partial charge >= 0.3 is 0 Å². The molecule has 0 saturated carbocycles. The molecule has 0 spiro atoms. The predicted molar refractivity (Wildman–Crippen MR) is 65.2 cm³/mol. The van der Waals surface area contributed by atoms with E-state index in [4.69, 9.17) is 11.6 Å². The maximum absolute atomic E-state index is 13.4. The molecule has 0 aromatic heterocycles. The molecule has 0 fully saturated rings. The molecule has 3 heteroatoms. The molecule has 0 heterocycles. The Balaban J connectivity index is 2.08. The summed E-state index contributed by atoms with van der Waals surface area (Å²) in [5.41, 5.74) is 1.53. The highest BCUT2D eigenvalue weighted by atomic mass is 35.5. The van der Waals surface area contributed by atoms with Crippen molar-refractivity contribution in [3.8, 4) is 0 Å². The average molecular weight is 236 g/mol. The molecule has 2 aromatic carbocycles. The summed E-state index contributed by atoms with van der Waals surface area (Å²) in [6, 6.07) is 14.3. The Labute approximate surface area is 98.9 Å². The van der Waals surface area contributed by atoms with Gasteiger partial charge in [0.05, 0.1) is 5.69 Å². The maximum Gasteiger partial charge on any atom is 0.146 e. The molecule has 0 atom stereocenters. The Kier molecular flexibility index (Phi) is 3.42. The van der Waals surface area contributed by atoms with Crippen molar-refractivity contribution in [3.05, 3.63) is 64.9 Å². The predicted octanol–water partition coefficient (Wildman–Crippen LogP) is 4.09. The van der Waals surface area contributed by atoms with Crippen molar-refractivity contribution in [1.82, 2.24) is 0 Å². The van der Waals surface area contributed by atoms with Crippen LogP contribution >= 0.6 is 11.6 Å². The lowest BCUT2D eigenvalue weighted by atomic mass is 10.2. The summed E-state index contributed by atoms with van der Waals surface area (Å²) in [6.45, 7) is 0.581. The third-order valence-corrected chi connectivity index (χ3v) is 2.49. The van der Waals surface area contributed by atoms with Crippen molar-refractivity contribution < 1.29 is 4.39 Å². The van der Waals surface area contributed by atoms with Gasteiger partial charge in [-0.3, -0.25) is 0 Å². The van der Waals surface area contributed by atoms with Gasteiger partial charge < -0.3 is 5.32 Å². The lowest BCUT2D eigenvalue weighted by Crippen LogP contribution is -2.01. The van der Waals surface area contributed by atoms with Crippen LogP contribution in [0.4, 0.5) is 10.1 Å². The van der Waals surface area contributed by atoms with E-state index < -0.39 is 0 Å². The van der Waals surface area contributed by atoms with Crippen molar-refractivity contribution in [2.45, 2.75) is 6.54 Å². The molecule has 0 aliphatic rings. The lowest BCUT2D eigenvalue weighted by Gasteiger charge is -2.07. The Hall–Kier alpha value is -1.54. The molecule has 0 amide bonds. The minimum atomic E-state index is -0.291. The first-order valence-electron chi connectivity index (χ1n) is 4.98. The molecular formula is C13H11ClFN. The van der Waals surface area contributed by atoms with E-state index in [1.54, 1.807) is 6.07 Å². The van der Waals surface area contributed by atoms with Crippen LogP contribution in [0.3, 0.4) is 0 Å². The van der Waals surface area contributed by atoms with Crippen LogP contribution in [-0.2, 0) is 6.54 Å². The van der Waals surface area contributed by atoms with Gasteiger partial charge in [-0.05, 0) is 23.8 Å². The number of benzene rings is 2. The van der Waals surface area contributed by atoms with E-state index in [9.17, 15) is 4.39 Å². The SMILES string of the molecule is Fc1ccc(Cl)cc1NCc1ccccc1. The van der Waals surface area contributed by atoms with Gasteiger partial charge in [0.25, 0.3) is 0 Å². The van der Waals surface area contributed by atoms with Crippen molar-refractivity contribution in [2.24, 2.45) is 0 Å². The Morgan fingerprint density at radius 2 is 1.81 bits per heavy atom. The fourth-order valence-electron chi connectivity index (χ4n) is 1.43. The summed E-state index contributed by atoms with van der Waals surface area (Å²) in [5.74, 6) is -0.291. The van der Waals surface area contributed by atoms with Crippen LogP contribution in [0.1, 0.15) is 5.56 Å². The van der Waals surface area contributed by atoms with E-state index in [2.05, 4.69) is 5.32 Å². The fourth-order valence-corrected chi connectivity index (χ4v) is 1.60. The molecular weight excluding hydrogens is 225 g/mol. The molecule has 0 unspecified atom stereocenters. The topological polar surface area (TPSA) is 12.0 Å². The van der Waals surface area contributed by atoms with E-state index in [0.29, 0.717) is 17.3 Å². The van der Waals surface area contributed by atoms with E-state index in [0.717, 1.165) is 5.56 Å². The maximum atomic E-state index is 13.4. The Morgan fingerprint density at radius 1 is 1.06 bits per heavy atom. The summed E-state index contributed by atoms with van der Waals surface area (Å²) >= 11 is 5.79. The van der Waals surface area contributed by atoms with E-state index in [-0.39, 0.29) is 5.82 Å². The van der Waals surface area contributed by atoms with Crippen LogP contribution in [0.5, 0.6) is 0 Å². The smallest absolute Gasteiger partial charge is 0.146 e. The lowest BCUT2D eigenvalue weighted by molar-refractivity contribution is 0.630. The molecule has 0 bridgehead atoms. The third kappa shape index (κ3) is 2.74. The number of hydrogen-bond acceptors (Lipinski definition) is 1. The molecule has 2 rings (SSSR count). The molecule has 1 N–H and O–H groups in total. The van der Waals surface area contributed by atoms with E-state index in [1.165, 1.54) is 12.1 Å². The number of halogens is 2. The van der Waals surface area contributed by atoms with Gasteiger partial charge in [0.2, 0.25) is 0 Å².